The van der Waals surface area contributed by atoms with E-state index in [1.807, 2.05) is 12.1 Å². The number of hydrogen-bond acceptors (Lipinski definition) is 1. The SMILES string of the molecule is C=C(Cl)CNC(=O)c1ccc(CBr)cc1. The number of amides is 1. The van der Waals surface area contributed by atoms with Crippen LogP contribution >= 0.6 is 27.5 Å². The predicted molar refractivity (Wildman–Crippen MR) is 66.4 cm³/mol. The van der Waals surface area contributed by atoms with Gasteiger partial charge in [-0.1, -0.05) is 46.2 Å². The van der Waals surface area contributed by atoms with Gasteiger partial charge in [-0.05, 0) is 17.7 Å². The number of benzene rings is 1. The molecule has 80 valence electrons. The first-order valence-corrected chi connectivity index (χ1v) is 5.90. The standard InChI is InChI=1S/C11H11BrClNO/c1-8(13)7-14-11(15)10-4-2-9(6-12)3-5-10/h2-5H,1,6-7H2,(H,14,15). The van der Waals surface area contributed by atoms with Gasteiger partial charge < -0.3 is 5.32 Å². The van der Waals surface area contributed by atoms with E-state index in [4.69, 9.17) is 11.6 Å². The fourth-order valence-corrected chi connectivity index (χ4v) is 1.46. The molecule has 0 saturated heterocycles. The van der Waals surface area contributed by atoms with E-state index < -0.39 is 0 Å². The Labute approximate surface area is 102 Å². The van der Waals surface area contributed by atoms with Crippen molar-refractivity contribution in [2.45, 2.75) is 5.33 Å². The summed E-state index contributed by atoms with van der Waals surface area (Å²) in [4.78, 5) is 11.5. The Balaban J connectivity index is 2.62. The van der Waals surface area contributed by atoms with Crippen molar-refractivity contribution in [1.29, 1.82) is 0 Å². The van der Waals surface area contributed by atoms with Crippen LogP contribution in [-0.4, -0.2) is 12.5 Å². The van der Waals surface area contributed by atoms with E-state index in [-0.39, 0.29) is 5.91 Å². The molecule has 0 radical (unpaired) electrons. The Hall–Kier alpha value is -0.800. The first-order valence-electron chi connectivity index (χ1n) is 4.40. The zero-order chi connectivity index (χ0) is 11.3. The number of hydrogen-bond donors (Lipinski definition) is 1. The Morgan fingerprint density at radius 3 is 2.47 bits per heavy atom. The zero-order valence-electron chi connectivity index (χ0n) is 8.09. The van der Waals surface area contributed by atoms with Gasteiger partial charge in [-0.25, -0.2) is 0 Å². The van der Waals surface area contributed by atoms with Crippen molar-refractivity contribution >= 4 is 33.4 Å². The van der Waals surface area contributed by atoms with E-state index in [2.05, 4.69) is 27.8 Å². The minimum absolute atomic E-state index is 0.141. The molecule has 0 unspecified atom stereocenters. The number of alkyl halides is 1. The molecule has 0 bridgehead atoms. The molecule has 0 saturated carbocycles. The van der Waals surface area contributed by atoms with Crippen molar-refractivity contribution < 1.29 is 4.79 Å². The van der Waals surface area contributed by atoms with Crippen LogP contribution < -0.4 is 5.32 Å². The van der Waals surface area contributed by atoms with Crippen molar-refractivity contribution in [3.05, 3.63) is 47.0 Å². The summed E-state index contributed by atoms with van der Waals surface area (Å²) in [5, 5.41) is 3.86. The van der Waals surface area contributed by atoms with Crippen LogP contribution in [-0.2, 0) is 5.33 Å². The highest BCUT2D eigenvalue weighted by molar-refractivity contribution is 9.08. The molecule has 0 atom stereocenters. The van der Waals surface area contributed by atoms with Crippen molar-refractivity contribution in [3.8, 4) is 0 Å². The molecule has 0 fully saturated rings. The molecular weight excluding hydrogens is 277 g/mol. The first-order chi connectivity index (χ1) is 7.13. The number of carbonyl (C=O) groups is 1. The van der Waals surface area contributed by atoms with Crippen molar-refractivity contribution in [3.63, 3.8) is 0 Å². The highest BCUT2D eigenvalue weighted by Crippen LogP contribution is 2.08. The molecule has 15 heavy (non-hydrogen) atoms. The average molecular weight is 289 g/mol. The maximum Gasteiger partial charge on any atom is 0.251 e. The summed E-state index contributed by atoms with van der Waals surface area (Å²) in [6.45, 7) is 3.78. The molecule has 0 aliphatic rings. The van der Waals surface area contributed by atoms with Crippen LogP contribution in [0.4, 0.5) is 0 Å². The average Bonchev–Trinajstić information content (AvgIpc) is 2.26. The quantitative estimate of drug-likeness (QED) is 0.848. The molecule has 0 aliphatic heterocycles. The molecule has 0 aromatic heterocycles. The maximum absolute atomic E-state index is 11.5. The minimum atomic E-state index is -0.141. The zero-order valence-corrected chi connectivity index (χ0v) is 10.4. The number of rotatable bonds is 4. The van der Waals surface area contributed by atoms with Crippen LogP contribution in [0.5, 0.6) is 0 Å². The van der Waals surface area contributed by atoms with Gasteiger partial charge in [-0.2, -0.15) is 0 Å². The second-order valence-corrected chi connectivity index (χ2v) is 4.13. The highest BCUT2D eigenvalue weighted by atomic mass is 79.9. The Morgan fingerprint density at radius 1 is 1.40 bits per heavy atom. The lowest BCUT2D eigenvalue weighted by atomic mass is 10.1. The van der Waals surface area contributed by atoms with E-state index in [1.165, 1.54) is 0 Å². The van der Waals surface area contributed by atoms with Gasteiger partial charge in [0.2, 0.25) is 0 Å². The highest BCUT2D eigenvalue weighted by Gasteiger charge is 2.04. The summed E-state index contributed by atoms with van der Waals surface area (Å²) >= 11 is 8.88. The normalized spacial score (nSPS) is 9.73. The second kappa shape index (κ2) is 5.93. The Morgan fingerprint density at radius 2 is 2.00 bits per heavy atom. The maximum atomic E-state index is 11.5. The largest absolute Gasteiger partial charge is 0.347 e. The van der Waals surface area contributed by atoms with Gasteiger partial charge in [0.05, 0.1) is 6.54 Å². The summed E-state index contributed by atoms with van der Waals surface area (Å²) in [6.07, 6.45) is 0. The molecule has 0 aliphatic carbocycles. The Bertz CT molecular complexity index is 361. The third kappa shape index (κ3) is 4.06. The molecular formula is C11H11BrClNO. The third-order valence-electron chi connectivity index (χ3n) is 1.81. The summed E-state index contributed by atoms with van der Waals surface area (Å²) in [5.74, 6) is -0.141. The van der Waals surface area contributed by atoms with Crippen LogP contribution in [0.3, 0.4) is 0 Å². The van der Waals surface area contributed by atoms with E-state index in [0.29, 0.717) is 17.1 Å². The fourth-order valence-electron chi connectivity index (χ4n) is 1.02. The lowest BCUT2D eigenvalue weighted by Crippen LogP contribution is -2.24. The van der Waals surface area contributed by atoms with Gasteiger partial charge in [0.1, 0.15) is 0 Å². The van der Waals surface area contributed by atoms with Crippen molar-refractivity contribution in [2.75, 3.05) is 6.54 Å². The molecule has 1 amide bonds. The second-order valence-electron chi connectivity index (χ2n) is 3.03. The lowest BCUT2D eigenvalue weighted by molar-refractivity contribution is 0.0957. The van der Waals surface area contributed by atoms with Gasteiger partial charge in [0, 0.05) is 15.9 Å². The summed E-state index contributed by atoms with van der Waals surface area (Å²) in [5.41, 5.74) is 1.76. The summed E-state index contributed by atoms with van der Waals surface area (Å²) < 4.78 is 0. The lowest BCUT2D eigenvalue weighted by Gasteiger charge is -2.04. The van der Waals surface area contributed by atoms with E-state index in [1.54, 1.807) is 12.1 Å². The molecule has 0 heterocycles. The minimum Gasteiger partial charge on any atom is -0.347 e. The molecule has 1 aromatic rings. The van der Waals surface area contributed by atoms with Gasteiger partial charge >= 0.3 is 0 Å². The molecule has 2 nitrogen and oxygen atoms in total. The van der Waals surface area contributed by atoms with Gasteiger partial charge in [-0.3, -0.25) is 4.79 Å². The van der Waals surface area contributed by atoms with Crippen molar-refractivity contribution in [2.24, 2.45) is 0 Å². The number of carbonyl (C=O) groups excluding carboxylic acids is 1. The van der Waals surface area contributed by atoms with Gasteiger partial charge in [-0.15, -0.1) is 0 Å². The third-order valence-corrected chi connectivity index (χ3v) is 2.59. The van der Waals surface area contributed by atoms with E-state index >= 15 is 0 Å². The summed E-state index contributed by atoms with van der Waals surface area (Å²) in [6, 6.07) is 7.37. The predicted octanol–water partition coefficient (Wildman–Crippen LogP) is 3.06. The summed E-state index contributed by atoms with van der Waals surface area (Å²) in [7, 11) is 0. The number of nitrogens with one attached hydrogen (secondary N) is 1. The number of halogens is 2. The molecule has 4 heteroatoms. The van der Waals surface area contributed by atoms with Crippen LogP contribution in [0.25, 0.3) is 0 Å². The van der Waals surface area contributed by atoms with Crippen LogP contribution in [0, 0.1) is 0 Å². The first kappa shape index (κ1) is 12.3. The van der Waals surface area contributed by atoms with Crippen LogP contribution in [0.1, 0.15) is 15.9 Å². The smallest absolute Gasteiger partial charge is 0.251 e. The van der Waals surface area contributed by atoms with E-state index in [0.717, 1.165) is 10.9 Å². The fraction of sp³-hybridized carbons (Fsp3) is 0.182. The monoisotopic (exact) mass is 287 g/mol. The molecule has 1 N–H and O–H groups in total. The van der Waals surface area contributed by atoms with Crippen LogP contribution in [0.15, 0.2) is 35.9 Å². The molecule has 0 spiro atoms. The van der Waals surface area contributed by atoms with E-state index in [9.17, 15) is 4.79 Å². The van der Waals surface area contributed by atoms with Crippen LogP contribution in [0.2, 0.25) is 0 Å². The van der Waals surface area contributed by atoms with Crippen molar-refractivity contribution in [1.82, 2.24) is 5.32 Å². The topological polar surface area (TPSA) is 29.1 Å². The molecule has 1 aromatic carbocycles. The van der Waals surface area contributed by atoms with Gasteiger partial charge in [0.15, 0.2) is 0 Å². The van der Waals surface area contributed by atoms with Gasteiger partial charge in [0.25, 0.3) is 5.91 Å². The molecule has 1 rings (SSSR count). The Kier molecular flexibility index (Phi) is 4.85.